The van der Waals surface area contributed by atoms with Gasteiger partial charge >= 0.3 is 6.18 Å². The Morgan fingerprint density at radius 1 is 1.41 bits per heavy atom. The van der Waals surface area contributed by atoms with Crippen LogP contribution in [0, 0.1) is 12.7 Å². The average molecular weight is 336 g/mol. The molecule has 0 radical (unpaired) electrons. The molecule has 1 saturated heterocycles. The fourth-order valence-corrected chi connectivity index (χ4v) is 3.09. The molecule has 1 N–H and O–H groups in total. The first-order chi connectivity index (χ1) is 10.2. The summed E-state index contributed by atoms with van der Waals surface area (Å²) in [6.07, 6.45) is -4.29. The number of benzene rings is 1. The van der Waals surface area contributed by atoms with E-state index in [1.807, 2.05) is 0 Å². The number of alkyl halides is 3. The van der Waals surface area contributed by atoms with Crippen molar-refractivity contribution in [3.63, 3.8) is 0 Å². The summed E-state index contributed by atoms with van der Waals surface area (Å²) in [6.45, 7) is 3.99. The van der Waals surface area contributed by atoms with Gasteiger partial charge in [-0.2, -0.15) is 13.2 Å². The van der Waals surface area contributed by atoms with Crippen molar-refractivity contribution in [3.05, 3.63) is 23.5 Å². The molecule has 0 aromatic heterocycles. The van der Waals surface area contributed by atoms with Gasteiger partial charge in [-0.15, -0.1) is 11.8 Å². The molecule has 8 heteroatoms. The van der Waals surface area contributed by atoms with Gasteiger partial charge in [-0.25, -0.2) is 4.39 Å². The molecular weight excluding hydrogens is 320 g/mol. The molecule has 0 spiro atoms. The van der Waals surface area contributed by atoms with Crippen LogP contribution >= 0.6 is 11.8 Å². The van der Waals surface area contributed by atoms with Crippen molar-refractivity contribution in [2.75, 3.05) is 23.7 Å². The summed E-state index contributed by atoms with van der Waals surface area (Å²) in [4.78, 5) is 13.6. The maximum Gasteiger partial charge on any atom is 0.398 e. The zero-order valence-corrected chi connectivity index (χ0v) is 12.9. The van der Waals surface area contributed by atoms with Gasteiger partial charge in [-0.1, -0.05) is 0 Å². The molecule has 122 valence electrons. The van der Waals surface area contributed by atoms with Crippen LogP contribution in [0.15, 0.2) is 17.0 Å². The number of halogens is 4. The molecule has 1 aromatic rings. The number of hydrogen-bond acceptors (Lipinski definition) is 3. The lowest BCUT2D eigenvalue weighted by Gasteiger charge is -2.35. The minimum absolute atomic E-state index is 0.164. The van der Waals surface area contributed by atoms with Crippen LogP contribution in [-0.2, 0) is 4.79 Å². The fourth-order valence-electron chi connectivity index (χ4n) is 2.29. The van der Waals surface area contributed by atoms with Crippen molar-refractivity contribution in [1.29, 1.82) is 0 Å². The van der Waals surface area contributed by atoms with E-state index in [1.165, 1.54) is 12.1 Å². The Morgan fingerprint density at radius 2 is 2.09 bits per heavy atom. The summed E-state index contributed by atoms with van der Waals surface area (Å²) in [5, 5.41) is 2.67. The number of carbonyl (C=O) groups excluding carboxylic acids is 1. The molecule has 1 unspecified atom stereocenters. The minimum Gasteiger partial charge on any atom is -0.356 e. The molecule has 1 aliphatic heterocycles. The number of thioether (sulfide) groups is 1. The average Bonchev–Trinajstić information content (AvgIpc) is 2.40. The third-order valence-corrected chi connectivity index (χ3v) is 4.67. The van der Waals surface area contributed by atoms with Crippen molar-refractivity contribution in [2.45, 2.75) is 31.0 Å². The molecule has 1 aliphatic rings. The molecule has 0 aliphatic carbocycles. The first-order valence-electron chi connectivity index (χ1n) is 6.73. The lowest BCUT2D eigenvalue weighted by Crippen LogP contribution is -2.54. The Morgan fingerprint density at radius 3 is 2.73 bits per heavy atom. The highest BCUT2D eigenvalue weighted by atomic mass is 32.2. The van der Waals surface area contributed by atoms with E-state index in [2.05, 4.69) is 5.32 Å². The summed E-state index contributed by atoms with van der Waals surface area (Å²) >= 11 is 0.624. The van der Waals surface area contributed by atoms with Crippen molar-refractivity contribution in [3.8, 4) is 0 Å². The zero-order chi connectivity index (χ0) is 16.5. The minimum atomic E-state index is -4.29. The van der Waals surface area contributed by atoms with Crippen LogP contribution in [0.1, 0.15) is 12.5 Å². The van der Waals surface area contributed by atoms with E-state index < -0.39 is 23.8 Å². The van der Waals surface area contributed by atoms with E-state index in [1.54, 1.807) is 18.7 Å². The van der Waals surface area contributed by atoms with Crippen molar-refractivity contribution in [1.82, 2.24) is 5.32 Å². The van der Waals surface area contributed by atoms with Gasteiger partial charge in [0.25, 0.3) is 0 Å². The fraction of sp³-hybridized carbons (Fsp3) is 0.500. The van der Waals surface area contributed by atoms with Gasteiger partial charge in [0.2, 0.25) is 5.91 Å². The number of aryl methyl sites for hydroxylation is 1. The van der Waals surface area contributed by atoms with Crippen molar-refractivity contribution < 1.29 is 22.4 Å². The second-order valence-electron chi connectivity index (χ2n) is 5.13. The molecule has 3 nitrogen and oxygen atoms in total. The smallest absolute Gasteiger partial charge is 0.356 e. The third kappa shape index (κ3) is 3.85. The van der Waals surface area contributed by atoms with Crippen LogP contribution in [0.5, 0.6) is 0 Å². The second-order valence-corrected chi connectivity index (χ2v) is 6.15. The van der Waals surface area contributed by atoms with Gasteiger partial charge in [-0.3, -0.25) is 4.79 Å². The maximum atomic E-state index is 14.2. The van der Waals surface area contributed by atoms with E-state index in [4.69, 9.17) is 0 Å². The first kappa shape index (κ1) is 16.9. The number of nitrogens with one attached hydrogen (secondary N) is 1. The Labute approximate surface area is 130 Å². The normalized spacial score (nSPS) is 19.3. The van der Waals surface area contributed by atoms with Gasteiger partial charge in [0.05, 0.1) is 11.4 Å². The number of hydrogen-bond donors (Lipinski definition) is 1. The van der Waals surface area contributed by atoms with E-state index >= 15 is 0 Å². The van der Waals surface area contributed by atoms with Gasteiger partial charge in [0, 0.05) is 18.0 Å². The standard InChI is InChI=1S/C14H16F4N2OS/c1-8-5-10(15)11(6-12(8)22-7-14(16,17)18)20-4-3-19-13(21)9(20)2/h5-6,9H,3-4,7H2,1-2H3,(H,19,21). The number of amides is 1. The number of anilines is 1. The van der Waals surface area contributed by atoms with Crippen LogP contribution in [0.3, 0.4) is 0 Å². The highest BCUT2D eigenvalue weighted by Gasteiger charge is 2.30. The number of carbonyl (C=O) groups is 1. The van der Waals surface area contributed by atoms with Crippen molar-refractivity contribution in [2.24, 2.45) is 0 Å². The highest BCUT2D eigenvalue weighted by molar-refractivity contribution is 7.99. The van der Waals surface area contributed by atoms with E-state index in [9.17, 15) is 22.4 Å². The van der Waals surface area contributed by atoms with E-state index in [0.29, 0.717) is 35.3 Å². The number of nitrogens with zero attached hydrogens (tertiary/aromatic N) is 1. The predicted molar refractivity (Wildman–Crippen MR) is 77.7 cm³/mol. The largest absolute Gasteiger partial charge is 0.398 e. The Kier molecular flexibility index (Phi) is 4.89. The summed E-state index contributed by atoms with van der Waals surface area (Å²) in [7, 11) is 0. The molecule has 1 fully saturated rings. The molecule has 22 heavy (non-hydrogen) atoms. The first-order valence-corrected chi connectivity index (χ1v) is 7.71. The van der Waals surface area contributed by atoms with Crippen LogP contribution < -0.4 is 10.2 Å². The molecular formula is C14H16F4N2OS. The number of rotatable bonds is 3. The van der Waals surface area contributed by atoms with E-state index in [0.717, 1.165) is 0 Å². The molecule has 0 bridgehead atoms. The molecule has 1 aromatic carbocycles. The summed E-state index contributed by atoms with van der Waals surface area (Å²) in [5.41, 5.74) is 0.613. The quantitative estimate of drug-likeness (QED) is 0.680. The Bertz CT molecular complexity index is 577. The molecule has 1 atom stereocenters. The predicted octanol–water partition coefficient (Wildman–Crippen LogP) is 3.11. The van der Waals surface area contributed by atoms with Gasteiger partial charge in [-0.05, 0) is 31.5 Å². The maximum absolute atomic E-state index is 14.2. The summed E-state index contributed by atoms with van der Waals surface area (Å²) < 4.78 is 51.3. The monoisotopic (exact) mass is 336 g/mol. The van der Waals surface area contributed by atoms with Gasteiger partial charge < -0.3 is 10.2 Å². The topological polar surface area (TPSA) is 32.3 Å². The molecule has 1 heterocycles. The van der Waals surface area contributed by atoms with E-state index in [-0.39, 0.29) is 11.6 Å². The number of piperazine rings is 1. The lowest BCUT2D eigenvalue weighted by molar-refractivity contribution is -0.122. The Hall–Kier alpha value is -1.44. The summed E-state index contributed by atoms with van der Waals surface area (Å²) in [6, 6.07) is 2.05. The van der Waals surface area contributed by atoms with Gasteiger partial charge in [0.1, 0.15) is 11.9 Å². The summed E-state index contributed by atoms with van der Waals surface area (Å²) in [5.74, 6) is -1.79. The molecule has 1 amide bonds. The van der Waals surface area contributed by atoms with Gasteiger partial charge in [0.15, 0.2) is 0 Å². The lowest BCUT2D eigenvalue weighted by atomic mass is 10.1. The van der Waals surface area contributed by atoms with Crippen LogP contribution in [0.4, 0.5) is 23.2 Å². The SMILES string of the molecule is Cc1cc(F)c(N2CCNC(=O)C2C)cc1SCC(F)(F)F. The van der Waals surface area contributed by atoms with Crippen LogP contribution in [0.2, 0.25) is 0 Å². The van der Waals surface area contributed by atoms with Crippen LogP contribution in [-0.4, -0.2) is 37.0 Å². The molecule has 2 rings (SSSR count). The third-order valence-electron chi connectivity index (χ3n) is 3.44. The Balaban J connectivity index is 2.29. The highest BCUT2D eigenvalue weighted by Crippen LogP contribution is 2.34. The van der Waals surface area contributed by atoms with Crippen LogP contribution in [0.25, 0.3) is 0 Å². The van der Waals surface area contributed by atoms with Crippen molar-refractivity contribution >= 4 is 23.4 Å². The second kappa shape index (κ2) is 6.36. The zero-order valence-electron chi connectivity index (χ0n) is 12.1. The molecule has 0 saturated carbocycles.